The van der Waals surface area contributed by atoms with Crippen LogP contribution < -0.4 is 15.4 Å². The van der Waals surface area contributed by atoms with E-state index in [1.165, 1.54) is 5.56 Å². The Morgan fingerprint density at radius 3 is 2.56 bits per heavy atom. The summed E-state index contributed by atoms with van der Waals surface area (Å²) in [5.74, 6) is 1.12. The zero-order valence-electron chi connectivity index (χ0n) is 20.5. The summed E-state index contributed by atoms with van der Waals surface area (Å²) in [6.07, 6.45) is 1.38. The van der Waals surface area contributed by atoms with Gasteiger partial charge in [0.2, 0.25) is 0 Å². The fourth-order valence-corrected chi connectivity index (χ4v) is 4.69. The van der Waals surface area contributed by atoms with Crippen LogP contribution in [-0.4, -0.2) is 49.2 Å². The number of hydrogen-bond acceptors (Lipinski definition) is 5. The Morgan fingerprint density at radius 2 is 1.85 bits per heavy atom. The number of amides is 2. The molecule has 0 saturated carbocycles. The van der Waals surface area contributed by atoms with E-state index in [4.69, 9.17) is 9.47 Å². The maximum atomic E-state index is 12.7. The number of benzene rings is 2. The highest BCUT2D eigenvalue weighted by atomic mass is 16.6. The van der Waals surface area contributed by atoms with Gasteiger partial charge in [0.25, 0.3) is 5.91 Å². The molecule has 7 nitrogen and oxygen atoms in total. The van der Waals surface area contributed by atoms with E-state index in [-0.39, 0.29) is 23.8 Å². The lowest BCUT2D eigenvalue weighted by Crippen LogP contribution is -2.37. The second-order valence-electron chi connectivity index (χ2n) is 10.1. The number of fused-ring (bicyclic) bond motifs is 1. The van der Waals surface area contributed by atoms with Crippen molar-refractivity contribution < 1.29 is 19.1 Å². The van der Waals surface area contributed by atoms with Gasteiger partial charge in [-0.25, -0.2) is 4.79 Å². The number of likely N-dealkylation sites (tertiary alicyclic amines) is 1. The van der Waals surface area contributed by atoms with Crippen LogP contribution in [0, 0.1) is 5.92 Å². The summed E-state index contributed by atoms with van der Waals surface area (Å²) in [7, 11) is 1.91. The van der Waals surface area contributed by atoms with Crippen molar-refractivity contribution in [2.75, 3.05) is 32.1 Å². The molecule has 0 radical (unpaired) electrons. The molecule has 2 aliphatic rings. The molecule has 2 atom stereocenters. The molecule has 2 aliphatic heterocycles. The van der Waals surface area contributed by atoms with Crippen LogP contribution in [0.25, 0.3) is 0 Å². The largest absolute Gasteiger partial charge is 0.493 e. The molecule has 2 aromatic carbocycles. The highest BCUT2D eigenvalue weighted by Crippen LogP contribution is 2.35. The van der Waals surface area contributed by atoms with Gasteiger partial charge in [-0.05, 0) is 74.9 Å². The van der Waals surface area contributed by atoms with Crippen molar-refractivity contribution in [2.45, 2.75) is 51.7 Å². The molecular weight excluding hydrogens is 430 g/mol. The molecule has 0 aliphatic carbocycles. The van der Waals surface area contributed by atoms with E-state index in [2.05, 4.69) is 34.9 Å². The van der Waals surface area contributed by atoms with Gasteiger partial charge in [0.15, 0.2) is 0 Å². The van der Waals surface area contributed by atoms with Crippen molar-refractivity contribution in [1.29, 1.82) is 0 Å². The van der Waals surface area contributed by atoms with Crippen molar-refractivity contribution >= 4 is 17.7 Å². The molecule has 2 amide bonds. The monoisotopic (exact) mass is 465 g/mol. The zero-order valence-corrected chi connectivity index (χ0v) is 20.5. The lowest BCUT2D eigenvalue weighted by atomic mass is 9.83. The van der Waals surface area contributed by atoms with Crippen LogP contribution in [0.2, 0.25) is 0 Å². The van der Waals surface area contributed by atoms with Crippen LogP contribution in [-0.2, 0) is 11.3 Å². The number of carbonyl (C=O) groups excluding carboxylic acids is 2. The van der Waals surface area contributed by atoms with Gasteiger partial charge >= 0.3 is 6.09 Å². The molecular formula is C27H35N3O4. The summed E-state index contributed by atoms with van der Waals surface area (Å²) in [5, 5.41) is 6.01. The highest BCUT2D eigenvalue weighted by Gasteiger charge is 2.32. The SMILES string of the molecule is CNc1ccc(C2CCN(C(=O)OC(C)(C)C)CCC2COc2ccc3c(c2)C(=O)NC3)cc1. The minimum atomic E-state index is -0.520. The van der Waals surface area contributed by atoms with E-state index in [0.29, 0.717) is 37.6 Å². The molecule has 182 valence electrons. The summed E-state index contributed by atoms with van der Waals surface area (Å²) in [6, 6.07) is 14.2. The first kappa shape index (κ1) is 23.9. The first-order valence-corrected chi connectivity index (χ1v) is 12.0. The van der Waals surface area contributed by atoms with Gasteiger partial charge in [0.1, 0.15) is 11.4 Å². The summed E-state index contributed by atoms with van der Waals surface area (Å²) in [6.45, 7) is 8.03. The van der Waals surface area contributed by atoms with E-state index in [9.17, 15) is 9.59 Å². The molecule has 1 saturated heterocycles. The third-order valence-electron chi connectivity index (χ3n) is 6.56. The smallest absolute Gasteiger partial charge is 0.410 e. The topological polar surface area (TPSA) is 79.9 Å². The summed E-state index contributed by atoms with van der Waals surface area (Å²) < 4.78 is 11.9. The number of rotatable bonds is 5. The fraction of sp³-hybridized carbons (Fsp3) is 0.481. The molecule has 2 N–H and O–H groups in total. The normalized spacial score (nSPS) is 20.2. The quantitative estimate of drug-likeness (QED) is 0.664. The van der Waals surface area contributed by atoms with Crippen molar-refractivity contribution in [3.63, 3.8) is 0 Å². The van der Waals surface area contributed by atoms with Gasteiger partial charge in [-0.3, -0.25) is 4.79 Å². The summed E-state index contributed by atoms with van der Waals surface area (Å²) in [4.78, 5) is 26.6. The molecule has 2 heterocycles. The second-order valence-corrected chi connectivity index (χ2v) is 10.1. The number of nitrogens with one attached hydrogen (secondary N) is 2. The number of nitrogens with zero attached hydrogens (tertiary/aromatic N) is 1. The average Bonchev–Trinajstić information content (AvgIpc) is 3.03. The first-order chi connectivity index (χ1) is 16.2. The van der Waals surface area contributed by atoms with Crippen molar-refractivity contribution in [2.24, 2.45) is 5.92 Å². The average molecular weight is 466 g/mol. The van der Waals surface area contributed by atoms with Crippen LogP contribution in [0.4, 0.5) is 10.5 Å². The molecule has 0 spiro atoms. The minimum Gasteiger partial charge on any atom is -0.493 e. The number of hydrogen-bond donors (Lipinski definition) is 2. The number of ether oxygens (including phenoxy) is 2. The van der Waals surface area contributed by atoms with Crippen molar-refractivity contribution in [1.82, 2.24) is 10.2 Å². The van der Waals surface area contributed by atoms with Crippen LogP contribution in [0.3, 0.4) is 0 Å². The molecule has 2 aromatic rings. The molecule has 2 unspecified atom stereocenters. The maximum absolute atomic E-state index is 12.7. The van der Waals surface area contributed by atoms with Gasteiger partial charge in [-0.15, -0.1) is 0 Å². The zero-order chi connectivity index (χ0) is 24.3. The predicted molar refractivity (Wildman–Crippen MR) is 132 cm³/mol. The Morgan fingerprint density at radius 1 is 1.12 bits per heavy atom. The molecule has 7 heteroatoms. The molecule has 4 rings (SSSR count). The van der Waals surface area contributed by atoms with Crippen molar-refractivity contribution in [3.8, 4) is 5.75 Å². The predicted octanol–water partition coefficient (Wildman–Crippen LogP) is 4.78. The van der Waals surface area contributed by atoms with Gasteiger partial charge in [-0.1, -0.05) is 18.2 Å². The molecule has 1 fully saturated rings. The Balaban J connectivity index is 1.51. The van der Waals surface area contributed by atoms with E-state index < -0.39 is 5.60 Å². The van der Waals surface area contributed by atoms with Crippen LogP contribution in [0.1, 0.15) is 61.0 Å². The van der Waals surface area contributed by atoms with Gasteiger partial charge in [0, 0.05) is 43.9 Å². The third kappa shape index (κ3) is 5.64. The second kappa shape index (κ2) is 9.95. The maximum Gasteiger partial charge on any atom is 0.410 e. The lowest BCUT2D eigenvalue weighted by Gasteiger charge is -2.26. The van der Waals surface area contributed by atoms with E-state index in [1.807, 2.05) is 50.9 Å². The Kier molecular flexibility index (Phi) is 7.00. The van der Waals surface area contributed by atoms with E-state index in [1.54, 1.807) is 0 Å². The van der Waals surface area contributed by atoms with Gasteiger partial charge in [-0.2, -0.15) is 0 Å². The third-order valence-corrected chi connectivity index (χ3v) is 6.56. The van der Waals surface area contributed by atoms with Crippen LogP contribution >= 0.6 is 0 Å². The number of carbonyl (C=O) groups is 2. The Hall–Kier alpha value is -3.22. The van der Waals surface area contributed by atoms with Crippen LogP contribution in [0.15, 0.2) is 42.5 Å². The Bertz CT molecular complexity index is 1030. The fourth-order valence-electron chi connectivity index (χ4n) is 4.69. The molecule has 34 heavy (non-hydrogen) atoms. The lowest BCUT2D eigenvalue weighted by molar-refractivity contribution is 0.0253. The summed E-state index contributed by atoms with van der Waals surface area (Å²) in [5.41, 5.74) is 3.48. The molecule has 0 aromatic heterocycles. The first-order valence-electron chi connectivity index (χ1n) is 12.0. The van der Waals surface area contributed by atoms with Gasteiger partial charge < -0.3 is 25.0 Å². The minimum absolute atomic E-state index is 0.0505. The van der Waals surface area contributed by atoms with Gasteiger partial charge in [0.05, 0.1) is 6.61 Å². The van der Waals surface area contributed by atoms with E-state index in [0.717, 1.165) is 24.1 Å². The number of anilines is 1. The molecule has 0 bridgehead atoms. The van der Waals surface area contributed by atoms with Crippen molar-refractivity contribution in [3.05, 3.63) is 59.2 Å². The summed E-state index contributed by atoms with van der Waals surface area (Å²) >= 11 is 0. The highest BCUT2D eigenvalue weighted by molar-refractivity contribution is 5.98. The standard InChI is InChI=1S/C27H35N3O4/c1-27(2,3)34-26(32)30-13-11-20(23(12-14-30)18-5-8-21(28-4)9-6-18)17-33-22-10-7-19-16-29-25(31)24(19)15-22/h5-10,15,20,23,28H,11-14,16-17H2,1-4H3,(H,29,31). The Labute approximate surface area is 201 Å². The van der Waals surface area contributed by atoms with E-state index >= 15 is 0 Å². The van der Waals surface area contributed by atoms with Crippen LogP contribution in [0.5, 0.6) is 5.75 Å².